The molecular formula is C19H23N. The van der Waals surface area contributed by atoms with Crippen molar-refractivity contribution in [3.05, 3.63) is 70.3 Å². The minimum Gasteiger partial charge on any atom is -0.328 e. The molecule has 104 valence electrons. The zero-order chi connectivity index (χ0) is 13.9. The molecule has 2 aliphatic rings. The molecule has 1 heteroatoms. The zero-order valence-corrected chi connectivity index (χ0v) is 12.2. The Kier molecular flexibility index (Phi) is 3.88. The molecule has 0 aromatic heterocycles. The van der Waals surface area contributed by atoms with Gasteiger partial charge in [0.05, 0.1) is 0 Å². The van der Waals surface area contributed by atoms with Gasteiger partial charge in [0.1, 0.15) is 0 Å². The van der Waals surface area contributed by atoms with Gasteiger partial charge in [0.15, 0.2) is 0 Å². The van der Waals surface area contributed by atoms with E-state index in [0.29, 0.717) is 0 Å². The van der Waals surface area contributed by atoms with Gasteiger partial charge < -0.3 is 5.73 Å². The second kappa shape index (κ2) is 5.80. The number of rotatable bonds is 2. The van der Waals surface area contributed by atoms with E-state index in [1.807, 2.05) is 0 Å². The summed E-state index contributed by atoms with van der Waals surface area (Å²) in [5.74, 6) is 0. The van der Waals surface area contributed by atoms with Crippen LogP contribution in [0.4, 0.5) is 0 Å². The fourth-order valence-corrected chi connectivity index (χ4v) is 3.12. The average Bonchev–Trinajstić information content (AvgIpc) is 2.47. The summed E-state index contributed by atoms with van der Waals surface area (Å²) >= 11 is 0. The first-order valence-electron chi connectivity index (χ1n) is 7.65. The predicted octanol–water partition coefficient (Wildman–Crippen LogP) is 3.46. The molecule has 2 aliphatic carbocycles. The lowest BCUT2D eigenvalue weighted by atomic mass is 9.94. The monoisotopic (exact) mass is 265 g/mol. The Balaban J connectivity index is 1.96. The van der Waals surface area contributed by atoms with Crippen molar-refractivity contribution in [2.24, 2.45) is 5.73 Å². The molecule has 4 rings (SSSR count). The van der Waals surface area contributed by atoms with E-state index in [1.54, 1.807) is 0 Å². The Bertz CT molecular complexity index is 598. The van der Waals surface area contributed by atoms with Crippen LogP contribution >= 0.6 is 0 Å². The third-order valence-corrected chi connectivity index (χ3v) is 4.19. The topological polar surface area (TPSA) is 26.0 Å². The van der Waals surface area contributed by atoms with E-state index in [2.05, 4.69) is 49.4 Å². The first-order chi connectivity index (χ1) is 9.70. The number of nitrogens with two attached hydrogens (primary N) is 1. The number of fused-ring (bicyclic) bond motifs is 4. The van der Waals surface area contributed by atoms with E-state index < -0.39 is 0 Å². The van der Waals surface area contributed by atoms with Crippen LogP contribution in [0.5, 0.6) is 0 Å². The van der Waals surface area contributed by atoms with Crippen LogP contribution in [0.25, 0.3) is 0 Å². The van der Waals surface area contributed by atoms with Crippen LogP contribution in [0.3, 0.4) is 0 Å². The molecule has 0 spiro atoms. The van der Waals surface area contributed by atoms with Crippen molar-refractivity contribution in [1.82, 2.24) is 0 Å². The Hall–Kier alpha value is -1.60. The molecule has 1 unspecified atom stereocenters. The maximum Gasteiger partial charge on any atom is 0.00510 e. The van der Waals surface area contributed by atoms with E-state index in [-0.39, 0.29) is 6.04 Å². The lowest BCUT2D eigenvalue weighted by Gasteiger charge is -2.13. The van der Waals surface area contributed by atoms with E-state index >= 15 is 0 Å². The molecule has 0 saturated carbocycles. The summed E-state index contributed by atoms with van der Waals surface area (Å²) in [5.41, 5.74) is 13.3. The number of hydrogen-bond donors (Lipinski definition) is 1. The van der Waals surface area contributed by atoms with Gasteiger partial charge in [-0.3, -0.25) is 0 Å². The van der Waals surface area contributed by atoms with E-state index in [0.717, 1.165) is 32.1 Å². The number of hydrogen-bond acceptors (Lipinski definition) is 1. The van der Waals surface area contributed by atoms with Crippen molar-refractivity contribution in [2.45, 2.75) is 45.1 Å². The summed E-state index contributed by atoms with van der Waals surface area (Å²) in [5, 5.41) is 0. The highest BCUT2D eigenvalue weighted by Crippen LogP contribution is 2.20. The summed E-state index contributed by atoms with van der Waals surface area (Å²) < 4.78 is 0. The third kappa shape index (κ3) is 3.10. The van der Waals surface area contributed by atoms with Gasteiger partial charge in [-0.1, -0.05) is 42.5 Å². The standard InChI is InChI=1S/C19H23N/c1-14(20)11-19-13-17-6-5-15-3-2-4-16(12-15)7-9-18(19)10-8-17/h2-4,8,10,12-14H,5-7,9,11,20H2,1H3. The second-order valence-electron chi connectivity index (χ2n) is 6.10. The lowest BCUT2D eigenvalue weighted by molar-refractivity contribution is 0.728. The van der Waals surface area contributed by atoms with Gasteiger partial charge >= 0.3 is 0 Å². The fourth-order valence-electron chi connectivity index (χ4n) is 3.12. The molecule has 0 aliphatic heterocycles. The van der Waals surface area contributed by atoms with Gasteiger partial charge in [-0.15, -0.1) is 0 Å². The molecule has 0 saturated heterocycles. The Morgan fingerprint density at radius 2 is 1.55 bits per heavy atom. The normalized spacial score (nSPS) is 15.7. The minimum atomic E-state index is 0.232. The highest BCUT2D eigenvalue weighted by atomic mass is 14.6. The van der Waals surface area contributed by atoms with E-state index in [9.17, 15) is 0 Å². The molecule has 1 nitrogen and oxygen atoms in total. The summed E-state index contributed by atoms with van der Waals surface area (Å²) in [6.45, 7) is 2.09. The summed E-state index contributed by atoms with van der Waals surface area (Å²) in [6.07, 6.45) is 5.48. The van der Waals surface area contributed by atoms with Gasteiger partial charge in [0.25, 0.3) is 0 Å². The predicted molar refractivity (Wildman–Crippen MR) is 85.1 cm³/mol. The molecule has 2 aromatic carbocycles. The average molecular weight is 265 g/mol. The van der Waals surface area contributed by atoms with Crippen LogP contribution in [0, 0.1) is 0 Å². The van der Waals surface area contributed by atoms with Crippen LogP contribution in [0.15, 0.2) is 42.5 Å². The molecule has 2 N–H and O–H groups in total. The summed E-state index contributed by atoms with van der Waals surface area (Å²) in [6, 6.07) is 16.3. The largest absolute Gasteiger partial charge is 0.328 e. The SMILES string of the molecule is CC(N)Cc1cc2ccc1CCc1cccc(c1)CC2. The van der Waals surface area contributed by atoms with Crippen LogP contribution in [-0.4, -0.2) is 6.04 Å². The van der Waals surface area contributed by atoms with Gasteiger partial charge in [-0.25, -0.2) is 0 Å². The van der Waals surface area contributed by atoms with Crippen molar-refractivity contribution >= 4 is 0 Å². The Morgan fingerprint density at radius 1 is 0.900 bits per heavy atom. The number of benzene rings is 2. The van der Waals surface area contributed by atoms with E-state index in [4.69, 9.17) is 5.73 Å². The van der Waals surface area contributed by atoms with Gasteiger partial charge in [0.2, 0.25) is 0 Å². The molecule has 0 fully saturated rings. The zero-order valence-electron chi connectivity index (χ0n) is 12.2. The van der Waals surface area contributed by atoms with E-state index in [1.165, 1.54) is 27.8 Å². The summed E-state index contributed by atoms with van der Waals surface area (Å²) in [4.78, 5) is 0. The Labute approximate surface area is 121 Å². The van der Waals surface area contributed by atoms with Crippen LogP contribution in [0.1, 0.15) is 34.7 Å². The molecule has 20 heavy (non-hydrogen) atoms. The van der Waals surface area contributed by atoms with Gasteiger partial charge in [0, 0.05) is 6.04 Å². The van der Waals surface area contributed by atoms with Crippen LogP contribution < -0.4 is 5.73 Å². The first-order valence-corrected chi connectivity index (χ1v) is 7.65. The number of aryl methyl sites for hydroxylation is 4. The molecule has 1 atom stereocenters. The quantitative estimate of drug-likeness (QED) is 0.884. The molecule has 0 heterocycles. The van der Waals surface area contributed by atoms with Crippen molar-refractivity contribution in [2.75, 3.05) is 0 Å². The molecule has 0 radical (unpaired) electrons. The third-order valence-electron chi connectivity index (χ3n) is 4.19. The molecule has 4 bridgehead atoms. The van der Waals surface area contributed by atoms with Gasteiger partial charge in [-0.05, 0) is 66.8 Å². The smallest absolute Gasteiger partial charge is 0.00510 e. The highest BCUT2D eigenvalue weighted by Gasteiger charge is 2.09. The lowest BCUT2D eigenvalue weighted by Crippen LogP contribution is -2.19. The fraction of sp³-hybridized carbons (Fsp3) is 0.368. The van der Waals surface area contributed by atoms with Crippen LogP contribution in [-0.2, 0) is 32.1 Å². The van der Waals surface area contributed by atoms with Crippen molar-refractivity contribution in [3.63, 3.8) is 0 Å². The molecule has 0 amide bonds. The maximum atomic E-state index is 6.01. The maximum absolute atomic E-state index is 6.01. The highest BCUT2D eigenvalue weighted by molar-refractivity contribution is 5.36. The van der Waals surface area contributed by atoms with Gasteiger partial charge in [-0.2, -0.15) is 0 Å². The first kappa shape index (κ1) is 13.4. The van der Waals surface area contributed by atoms with Crippen molar-refractivity contribution in [3.8, 4) is 0 Å². The summed E-state index contributed by atoms with van der Waals surface area (Å²) in [7, 11) is 0. The van der Waals surface area contributed by atoms with Crippen molar-refractivity contribution in [1.29, 1.82) is 0 Å². The minimum absolute atomic E-state index is 0.232. The second-order valence-corrected chi connectivity index (χ2v) is 6.10. The molecular weight excluding hydrogens is 242 g/mol. The molecule has 2 aromatic rings. The Morgan fingerprint density at radius 3 is 2.25 bits per heavy atom. The van der Waals surface area contributed by atoms with Crippen molar-refractivity contribution < 1.29 is 0 Å². The van der Waals surface area contributed by atoms with Crippen LogP contribution in [0.2, 0.25) is 0 Å².